The van der Waals surface area contributed by atoms with Crippen LogP contribution in [0.15, 0.2) is 60.9 Å². The predicted molar refractivity (Wildman–Crippen MR) is 126 cm³/mol. The van der Waals surface area contributed by atoms with Crippen molar-refractivity contribution in [2.75, 3.05) is 18.1 Å². The van der Waals surface area contributed by atoms with Gasteiger partial charge in [0.1, 0.15) is 0 Å². The topological polar surface area (TPSA) is 119 Å². The molecule has 3 heterocycles. The van der Waals surface area contributed by atoms with Crippen LogP contribution >= 0.6 is 0 Å². The van der Waals surface area contributed by atoms with Crippen molar-refractivity contribution in [1.29, 1.82) is 0 Å². The molecule has 174 valence electrons. The number of aromatic nitrogens is 6. The van der Waals surface area contributed by atoms with E-state index in [0.29, 0.717) is 23.9 Å². The maximum atomic E-state index is 11.9. The molecule has 0 aliphatic rings. The number of ether oxygens (including phenoxy) is 2. The Morgan fingerprint density at radius 3 is 2.59 bits per heavy atom. The molecule has 0 unspecified atom stereocenters. The van der Waals surface area contributed by atoms with Crippen LogP contribution in [0.1, 0.15) is 25.8 Å². The van der Waals surface area contributed by atoms with Crippen LogP contribution in [0.5, 0.6) is 5.75 Å². The minimum absolute atomic E-state index is 0.237. The summed E-state index contributed by atoms with van der Waals surface area (Å²) < 4.78 is 10.3. The molecule has 0 spiro atoms. The van der Waals surface area contributed by atoms with Crippen LogP contribution < -0.4 is 9.64 Å². The fraction of sp³-hybridized carbons (Fsp3) is 0.250. The molecule has 0 radical (unpaired) electrons. The summed E-state index contributed by atoms with van der Waals surface area (Å²) in [6.07, 6.45) is 3.64. The van der Waals surface area contributed by atoms with E-state index in [0.717, 1.165) is 35.3 Å². The fourth-order valence-electron chi connectivity index (χ4n) is 3.54. The highest BCUT2D eigenvalue weighted by atomic mass is 16.7. The van der Waals surface area contributed by atoms with Crippen molar-refractivity contribution in [1.82, 2.24) is 30.6 Å². The average Bonchev–Trinajstić information content (AvgIpc) is 3.40. The summed E-state index contributed by atoms with van der Waals surface area (Å²) in [6, 6.07) is 15.2. The number of hydrogen-bond donors (Lipinski definition) is 1. The van der Waals surface area contributed by atoms with Crippen LogP contribution in [-0.2, 0) is 11.3 Å². The second kappa shape index (κ2) is 11.0. The van der Waals surface area contributed by atoms with Gasteiger partial charge in [0.15, 0.2) is 11.6 Å². The fourth-order valence-corrected chi connectivity index (χ4v) is 3.54. The van der Waals surface area contributed by atoms with Crippen molar-refractivity contribution in [3.63, 3.8) is 0 Å². The number of nitrogens with zero attached hydrogens (tertiary/aromatic N) is 6. The Kier molecular flexibility index (Phi) is 7.39. The smallest absolute Gasteiger partial charge is 0.434 e. The first-order valence-corrected chi connectivity index (χ1v) is 11.0. The van der Waals surface area contributed by atoms with E-state index in [1.54, 1.807) is 25.3 Å². The molecule has 1 aromatic carbocycles. The molecule has 0 saturated heterocycles. The third-order valence-corrected chi connectivity index (χ3v) is 4.99. The molecule has 4 rings (SSSR count). The van der Waals surface area contributed by atoms with Crippen LogP contribution in [-0.4, -0.2) is 49.9 Å². The summed E-state index contributed by atoms with van der Waals surface area (Å²) in [5.41, 5.74) is 3.55. The van der Waals surface area contributed by atoms with E-state index in [-0.39, 0.29) is 6.61 Å². The molecule has 0 amide bonds. The number of benzene rings is 1. The minimum atomic E-state index is -0.750. The van der Waals surface area contributed by atoms with E-state index in [1.807, 2.05) is 42.6 Å². The van der Waals surface area contributed by atoms with Gasteiger partial charge in [0.2, 0.25) is 5.82 Å². The zero-order chi connectivity index (χ0) is 23.8. The molecular formula is C24H25N7O3. The van der Waals surface area contributed by atoms with Crippen LogP contribution in [0, 0.1) is 0 Å². The second-order valence-electron chi connectivity index (χ2n) is 7.36. The number of tetrazole rings is 1. The summed E-state index contributed by atoms with van der Waals surface area (Å²) in [5.74, 6) is 1.44. The number of nitrogens with one attached hydrogen (secondary N) is 1. The second-order valence-corrected chi connectivity index (χ2v) is 7.36. The number of hydrogen-bond acceptors (Lipinski definition) is 9. The molecule has 3 aromatic heterocycles. The van der Waals surface area contributed by atoms with Gasteiger partial charge in [-0.3, -0.25) is 4.98 Å². The van der Waals surface area contributed by atoms with Gasteiger partial charge in [-0.15, -0.1) is 10.2 Å². The lowest BCUT2D eigenvalue weighted by Crippen LogP contribution is -2.26. The van der Waals surface area contributed by atoms with Gasteiger partial charge in [-0.25, -0.2) is 9.78 Å². The zero-order valence-corrected chi connectivity index (χ0v) is 19.0. The largest absolute Gasteiger partial charge is 0.513 e. The Labute approximate surface area is 197 Å². The summed E-state index contributed by atoms with van der Waals surface area (Å²) in [4.78, 5) is 23.1. The van der Waals surface area contributed by atoms with Gasteiger partial charge >= 0.3 is 6.16 Å². The molecule has 0 bridgehead atoms. The quantitative estimate of drug-likeness (QED) is 0.366. The van der Waals surface area contributed by atoms with Crippen LogP contribution in [0.2, 0.25) is 0 Å². The number of carbonyl (C=O) groups is 1. The van der Waals surface area contributed by atoms with Crippen LogP contribution in [0.4, 0.5) is 10.6 Å². The zero-order valence-electron chi connectivity index (χ0n) is 19.0. The first kappa shape index (κ1) is 22.8. The SMILES string of the molecule is CCCN(Cc1ccc(-c2ccccc2-c2nn[nH]n2)nc1)c1ncccc1OC(=O)OCC. The number of rotatable bonds is 9. The third-order valence-electron chi connectivity index (χ3n) is 4.99. The maximum Gasteiger partial charge on any atom is 0.513 e. The summed E-state index contributed by atoms with van der Waals surface area (Å²) >= 11 is 0. The van der Waals surface area contributed by atoms with Crippen LogP contribution in [0.3, 0.4) is 0 Å². The number of pyridine rings is 2. The highest BCUT2D eigenvalue weighted by molar-refractivity contribution is 5.78. The van der Waals surface area contributed by atoms with E-state index < -0.39 is 6.16 Å². The van der Waals surface area contributed by atoms with Crippen LogP contribution in [0.25, 0.3) is 22.6 Å². The van der Waals surface area contributed by atoms with Gasteiger partial charge in [-0.1, -0.05) is 37.3 Å². The van der Waals surface area contributed by atoms with Crippen molar-refractivity contribution < 1.29 is 14.3 Å². The monoisotopic (exact) mass is 459 g/mol. The van der Waals surface area contributed by atoms with Gasteiger partial charge in [-0.2, -0.15) is 5.21 Å². The van der Waals surface area contributed by atoms with E-state index in [9.17, 15) is 4.79 Å². The Balaban J connectivity index is 1.57. The summed E-state index contributed by atoms with van der Waals surface area (Å²) in [7, 11) is 0. The van der Waals surface area contributed by atoms with Gasteiger partial charge < -0.3 is 14.4 Å². The standard InChI is InChI=1S/C24H25N7O3/c1-3-14-31(23-21(10-7-13-25-23)34-24(32)33-4-2)16-17-11-12-20(26-15-17)18-8-5-6-9-19(18)22-27-29-30-28-22/h5-13,15H,3-4,14,16H2,1-2H3,(H,27,28,29,30). The third kappa shape index (κ3) is 5.34. The van der Waals surface area contributed by atoms with E-state index in [2.05, 4.69) is 42.4 Å². The van der Waals surface area contributed by atoms with Gasteiger partial charge in [-0.05, 0) is 42.3 Å². The molecule has 0 aliphatic heterocycles. The highest BCUT2D eigenvalue weighted by Crippen LogP contribution is 2.30. The Morgan fingerprint density at radius 2 is 1.88 bits per heavy atom. The summed E-state index contributed by atoms with van der Waals surface area (Å²) in [5, 5.41) is 14.3. The van der Waals surface area contributed by atoms with E-state index in [1.165, 1.54) is 0 Å². The normalized spacial score (nSPS) is 10.6. The molecule has 34 heavy (non-hydrogen) atoms. The van der Waals surface area contributed by atoms with Crippen molar-refractivity contribution in [2.24, 2.45) is 0 Å². The number of anilines is 1. The summed E-state index contributed by atoms with van der Waals surface area (Å²) in [6.45, 7) is 5.31. The number of aromatic amines is 1. The number of H-pyrrole nitrogens is 1. The number of carbonyl (C=O) groups excluding carboxylic acids is 1. The Morgan fingerprint density at radius 1 is 1.03 bits per heavy atom. The van der Waals surface area contributed by atoms with Crippen molar-refractivity contribution >= 4 is 12.0 Å². The molecule has 0 saturated carbocycles. The van der Waals surface area contributed by atoms with Crippen molar-refractivity contribution in [2.45, 2.75) is 26.8 Å². The molecule has 1 N–H and O–H groups in total. The maximum absolute atomic E-state index is 11.9. The molecule has 4 aromatic rings. The van der Waals surface area contributed by atoms with Gasteiger partial charge in [0.25, 0.3) is 0 Å². The highest BCUT2D eigenvalue weighted by Gasteiger charge is 2.18. The molecule has 10 nitrogen and oxygen atoms in total. The molecule has 0 fully saturated rings. The van der Waals surface area contributed by atoms with Crippen molar-refractivity contribution in [3.05, 3.63) is 66.5 Å². The predicted octanol–water partition coefficient (Wildman–Crippen LogP) is 4.28. The Bertz CT molecular complexity index is 1210. The van der Waals surface area contributed by atoms with Crippen molar-refractivity contribution in [3.8, 4) is 28.4 Å². The molecule has 10 heteroatoms. The minimum Gasteiger partial charge on any atom is -0.434 e. The van der Waals surface area contributed by atoms with E-state index in [4.69, 9.17) is 9.47 Å². The lowest BCUT2D eigenvalue weighted by atomic mass is 10.0. The molecular weight excluding hydrogens is 434 g/mol. The van der Waals surface area contributed by atoms with Gasteiger partial charge in [0, 0.05) is 36.6 Å². The van der Waals surface area contributed by atoms with E-state index >= 15 is 0 Å². The molecule has 0 aliphatic carbocycles. The Hall–Kier alpha value is -4.34. The first-order valence-electron chi connectivity index (χ1n) is 11.0. The average molecular weight is 460 g/mol. The first-order chi connectivity index (χ1) is 16.7. The lowest BCUT2D eigenvalue weighted by molar-refractivity contribution is 0.104. The molecule has 0 atom stereocenters. The lowest BCUT2D eigenvalue weighted by Gasteiger charge is -2.24. The van der Waals surface area contributed by atoms with Gasteiger partial charge in [0.05, 0.1) is 12.3 Å².